The predicted molar refractivity (Wildman–Crippen MR) is 81.5 cm³/mol. The van der Waals surface area contributed by atoms with Crippen LogP contribution in [0.1, 0.15) is 38.7 Å². The summed E-state index contributed by atoms with van der Waals surface area (Å²) in [6.45, 7) is 8.16. The zero-order valence-corrected chi connectivity index (χ0v) is 13.0. The molecule has 1 heterocycles. The van der Waals surface area contributed by atoms with Crippen LogP contribution < -0.4 is 5.73 Å². The van der Waals surface area contributed by atoms with Gasteiger partial charge >= 0.3 is 0 Å². The van der Waals surface area contributed by atoms with Crippen LogP contribution in [0.3, 0.4) is 0 Å². The number of nitrogens with zero attached hydrogens (tertiary/aromatic N) is 1. The Morgan fingerprint density at radius 1 is 1.33 bits per heavy atom. The molecule has 3 heteroatoms. The summed E-state index contributed by atoms with van der Waals surface area (Å²) < 4.78 is 1.01. The highest BCUT2D eigenvalue weighted by Crippen LogP contribution is 2.37. The van der Waals surface area contributed by atoms with Crippen molar-refractivity contribution >= 4 is 21.6 Å². The zero-order chi connectivity index (χ0) is 13.2. The third kappa shape index (κ3) is 2.89. The Kier molecular flexibility index (Phi) is 4.33. The summed E-state index contributed by atoms with van der Waals surface area (Å²) in [5, 5.41) is 0. The van der Waals surface area contributed by atoms with E-state index < -0.39 is 0 Å². The second-order valence-electron chi connectivity index (χ2n) is 5.52. The van der Waals surface area contributed by atoms with E-state index in [0.29, 0.717) is 5.41 Å². The van der Waals surface area contributed by atoms with Gasteiger partial charge in [-0.2, -0.15) is 0 Å². The fourth-order valence-electron chi connectivity index (χ4n) is 2.92. The van der Waals surface area contributed by atoms with Crippen LogP contribution in [-0.2, 0) is 6.54 Å². The average molecular weight is 311 g/mol. The number of nitrogen functional groups attached to an aromatic ring is 1. The lowest BCUT2D eigenvalue weighted by atomic mass is 9.82. The molecule has 1 aromatic carbocycles. The van der Waals surface area contributed by atoms with Gasteiger partial charge in [0.25, 0.3) is 0 Å². The van der Waals surface area contributed by atoms with Gasteiger partial charge in [0.15, 0.2) is 0 Å². The van der Waals surface area contributed by atoms with Crippen LogP contribution in [0.2, 0.25) is 0 Å². The molecule has 0 spiro atoms. The van der Waals surface area contributed by atoms with Gasteiger partial charge in [-0.25, -0.2) is 0 Å². The SMILES string of the molecule is CCC1(CC)CCN(Cc2ccc(N)c(Br)c2)C1. The van der Waals surface area contributed by atoms with E-state index in [2.05, 4.69) is 46.8 Å². The average Bonchev–Trinajstić information content (AvgIpc) is 2.78. The van der Waals surface area contributed by atoms with Crippen LogP contribution in [0.25, 0.3) is 0 Å². The third-order valence-electron chi connectivity index (χ3n) is 4.49. The summed E-state index contributed by atoms with van der Waals surface area (Å²) in [4.78, 5) is 2.57. The predicted octanol–water partition coefficient (Wildman–Crippen LogP) is 4.04. The van der Waals surface area contributed by atoms with Crippen molar-refractivity contribution in [3.05, 3.63) is 28.2 Å². The van der Waals surface area contributed by atoms with E-state index in [9.17, 15) is 0 Å². The lowest BCUT2D eigenvalue weighted by Gasteiger charge is -2.26. The minimum Gasteiger partial charge on any atom is -0.398 e. The van der Waals surface area contributed by atoms with E-state index in [1.54, 1.807) is 0 Å². The molecule has 2 N–H and O–H groups in total. The molecule has 1 aromatic rings. The van der Waals surface area contributed by atoms with E-state index in [1.807, 2.05) is 6.07 Å². The molecular formula is C15H23BrN2. The number of rotatable bonds is 4. The molecule has 0 aliphatic carbocycles. The highest BCUT2D eigenvalue weighted by Gasteiger charge is 2.34. The fraction of sp³-hybridized carbons (Fsp3) is 0.600. The van der Waals surface area contributed by atoms with Gasteiger partial charge in [0.1, 0.15) is 0 Å². The third-order valence-corrected chi connectivity index (χ3v) is 5.18. The number of nitrogens with two attached hydrogens (primary N) is 1. The van der Waals surface area contributed by atoms with Crippen LogP contribution in [0, 0.1) is 5.41 Å². The van der Waals surface area contributed by atoms with Crippen LogP contribution in [-0.4, -0.2) is 18.0 Å². The van der Waals surface area contributed by atoms with Gasteiger partial charge in [-0.1, -0.05) is 19.9 Å². The molecule has 0 saturated carbocycles. The van der Waals surface area contributed by atoms with Gasteiger partial charge in [-0.15, -0.1) is 0 Å². The van der Waals surface area contributed by atoms with E-state index in [1.165, 1.54) is 37.9 Å². The highest BCUT2D eigenvalue weighted by atomic mass is 79.9. The van der Waals surface area contributed by atoms with Crippen molar-refractivity contribution < 1.29 is 0 Å². The zero-order valence-electron chi connectivity index (χ0n) is 11.4. The summed E-state index contributed by atoms with van der Waals surface area (Å²) in [6, 6.07) is 6.27. The Hall–Kier alpha value is -0.540. The number of benzene rings is 1. The molecule has 1 aliphatic heterocycles. The van der Waals surface area contributed by atoms with Gasteiger partial charge in [-0.3, -0.25) is 4.90 Å². The largest absolute Gasteiger partial charge is 0.398 e. The van der Waals surface area contributed by atoms with Crippen molar-refractivity contribution in [2.45, 2.75) is 39.7 Å². The van der Waals surface area contributed by atoms with Crippen molar-refractivity contribution in [3.63, 3.8) is 0 Å². The summed E-state index contributed by atoms with van der Waals surface area (Å²) >= 11 is 3.50. The van der Waals surface area contributed by atoms with Gasteiger partial charge in [0.2, 0.25) is 0 Å². The number of hydrogen-bond donors (Lipinski definition) is 1. The molecule has 0 bridgehead atoms. The number of hydrogen-bond acceptors (Lipinski definition) is 2. The Morgan fingerprint density at radius 3 is 2.61 bits per heavy atom. The normalized spacial score (nSPS) is 19.3. The summed E-state index contributed by atoms with van der Waals surface area (Å²) in [5.41, 5.74) is 8.55. The summed E-state index contributed by atoms with van der Waals surface area (Å²) in [6.07, 6.45) is 3.94. The quantitative estimate of drug-likeness (QED) is 0.850. The smallest absolute Gasteiger partial charge is 0.0458 e. The van der Waals surface area contributed by atoms with Crippen LogP contribution >= 0.6 is 15.9 Å². The van der Waals surface area contributed by atoms with Crippen molar-refractivity contribution in [2.24, 2.45) is 5.41 Å². The lowest BCUT2D eigenvalue weighted by molar-refractivity contribution is 0.236. The molecule has 0 radical (unpaired) electrons. The standard InChI is InChI=1S/C15H23BrN2/c1-3-15(4-2)7-8-18(11-15)10-12-5-6-14(17)13(16)9-12/h5-6,9H,3-4,7-8,10-11,17H2,1-2H3. The topological polar surface area (TPSA) is 29.3 Å². The molecular weight excluding hydrogens is 288 g/mol. The molecule has 0 atom stereocenters. The molecule has 1 saturated heterocycles. The van der Waals surface area contributed by atoms with Crippen molar-refractivity contribution in [3.8, 4) is 0 Å². The first-order valence-electron chi connectivity index (χ1n) is 6.85. The molecule has 100 valence electrons. The van der Waals surface area contributed by atoms with Crippen molar-refractivity contribution in [1.29, 1.82) is 0 Å². The Bertz CT molecular complexity index is 413. The first kappa shape index (κ1) is 13.9. The van der Waals surface area contributed by atoms with Gasteiger partial charge in [-0.05, 0) is 64.8 Å². The molecule has 0 unspecified atom stereocenters. The van der Waals surface area contributed by atoms with E-state index in [4.69, 9.17) is 5.73 Å². The maximum atomic E-state index is 5.82. The summed E-state index contributed by atoms with van der Waals surface area (Å²) in [5.74, 6) is 0. The van der Waals surface area contributed by atoms with Crippen molar-refractivity contribution in [1.82, 2.24) is 4.90 Å². The van der Waals surface area contributed by atoms with Crippen LogP contribution in [0.4, 0.5) is 5.69 Å². The molecule has 18 heavy (non-hydrogen) atoms. The minimum absolute atomic E-state index is 0.561. The Morgan fingerprint density at radius 2 is 2.06 bits per heavy atom. The first-order chi connectivity index (χ1) is 8.58. The Balaban J connectivity index is 2.01. The molecule has 1 aliphatic rings. The number of anilines is 1. The second-order valence-corrected chi connectivity index (χ2v) is 6.38. The summed E-state index contributed by atoms with van der Waals surface area (Å²) in [7, 11) is 0. The highest BCUT2D eigenvalue weighted by molar-refractivity contribution is 9.10. The Labute approximate surface area is 119 Å². The number of halogens is 1. The maximum absolute atomic E-state index is 5.82. The maximum Gasteiger partial charge on any atom is 0.0458 e. The van der Waals surface area contributed by atoms with E-state index in [0.717, 1.165) is 16.7 Å². The van der Waals surface area contributed by atoms with Crippen molar-refractivity contribution in [2.75, 3.05) is 18.8 Å². The molecule has 2 rings (SSSR count). The van der Waals surface area contributed by atoms with Crippen LogP contribution in [0.5, 0.6) is 0 Å². The molecule has 2 nitrogen and oxygen atoms in total. The van der Waals surface area contributed by atoms with Gasteiger partial charge in [0, 0.05) is 23.2 Å². The number of likely N-dealkylation sites (tertiary alicyclic amines) is 1. The fourth-order valence-corrected chi connectivity index (χ4v) is 3.34. The van der Waals surface area contributed by atoms with E-state index in [-0.39, 0.29) is 0 Å². The van der Waals surface area contributed by atoms with Crippen LogP contribution in [0.15, 0.2) is 22.7 Å². The lowest BCUT2D eigenvalue weighted by Crippen LogP contribution is -2.26. The minimum atomic E-state index is 0.561. The van der Waals surface area contributed by atoms with Gasteiger partial charge in [0.05, 0.1) is 0 Å². The first-order valence-corrected chi connectivity index (χ1v) is 7.64. The molecule has 0 aromatic heterocycles. The second kappa shape index (κ2) is 5.62. The van der Waals surface area contributed by atoms with E-state index >= 15 is 0 Å². The molecule has 0 amide bonds. The van der Waals surface area contributed by atoms with Gasteiger partial charge < -0.3 is 5.73 Å². The monoisotopic (exact) mass is 310 g/mol. The molecule has 1 fully saturated rings.